The molecule has 0 amide bonds. The lowest BCUT2D eigenvalue weighted by Gasteiger charge is -2.37. The standard InChI is InChI=1S/C19H14BrF2N3/c1-18(2)19(21,22)14-10-12(20)7-8-13(14)17(23-18)16-9-11-5-3-4-6-15(11)24-25-16/h3-10H,1-2H3. The molecule has 0 radical (unpaired) electrons. The number of hydrogen-bond acceptors (Lipinski definition) is 3. The Morgan fingerprint density at radius 3 is 2.52 bits per heavy atom. The van der Waals surface area contributed by atoms with Crippen molar-refractivity contribution in [2.45, 2.75) is 25.3 Å². The number of benzene rings is 2. The summed E-state index contributed by atoms with van der Waals surface area (Å²) < 4.78 is 30.5. The molecule has 0 unspecified atom stereocenters. The molecule has 0 N–H and O–H groups in total. The summed E-state index contributed by atoms with van der Waals surface area (Å²) in [5.74, 6) is -3.08. The van der Waals surface area contributed by atoms with Gasteiger partial charge in [0, 0.05) is 21.0 Å². The van der Waals surface area contributed by atoms with Gasteiger partial charge in [0.15, 0.2) is 0 Å². The molecule has 1 aliphatic rings. The summed E-state index contributed by atoms with van der Waals surface area (Å²) in [5.41, 5.74) is 0.443. The Kier molecular flexibility index (Phi) is 3.51. The molecule has 25 heavy (non-hydrogen) atoms. The third-order valence-electron chi connectivity index (χ3n) is 4.47. The minimum absolute atomic E-state index is 0.0492. The Morgan fingerprint density at radius 2 is 1.72 bits per heavy atom. The Hall–Kier alpha value is -2.21. The fourth-order valence-corrected chi connectivity index (χ4v) is 3.38. The molecule has 1 aliphatic heterocycles. The number of rotatable bonds is 1. The Morgan fingerprint density at radius 1 is 0.960 bits per heavy atom. The molecule has 3 aromatic rings. The molecular formula is C19H14BrF2N3. The van der Waals surface area contributed by atoms with Gasteiger partial charge < -0.3 is 0 Å². The summed E-state index contributed by atoms with van der Waals surface area (Å²) in [5, 5.41) is 9.32. The van der Waals surface area contributed by atoms with Crippen LogP contribution in [0.25, 0.3) is 10.9 Å². The van der Waals surface area contributed by atoms with Crippen LogP contribution in [-0.4, -0.2) is 21.4 Å². The summed E-state index contributed by atoms with van der Waals surface area (Å²) in [6.07, 6.45) is 0. The zero-order valence-corrected chi connectivity index (χ0v) is 15.2. The van der Waals surface area contributed by atoms with E-state index in [1.807, 2.05) is 30.3 Å². The lowest BCUT2D eigenvalue weighted by atomic mass is 9.82. The van der Waals surface area contributed by atoms with Crippen molar-refractivity contribution in [3.63, 3.8) is 0 Å². The number of aromatic nitrogens is 2. The highest BCUT2D eigenvalue weighted by Crippen LogP contribution is 2.47. The molecule has 0 saturated heterocycles. The summed E-state index contributed by atoms with van der Waals surface area (Å²) in [6, 6.07) is 14.2. The largest absolute Gasteiger partial charge is 0.297 e. The fraction of sp³-hybridized carbons (Fsp3) is 0.211. The van der Waals surface area contributed by atoms with E-state index in [0.29, 0.717) is 21.4 Å². The van der Waals surface area contributed by atoms with Gasteiger partial charge in [0.05, 0.1) is 11.2 Å². The molecule has 2 aromatic carbocycles. The van der Waals surface area contributed by atoms with E-state index in [1.165, 1.54) is 19.9 Å². The highest BCUT2D eigenvalue weighted by molar-refractivity contribution is 9.10. The van der Waals surface area contributed by atoms with E-state index in [-0.39, 0.29) is 5.56 Å². The SMILES string of the molecule is CC1(C)N=C(c2cc3ccccc3nn2)c2ccc(Br)cc2C1(F)F. The second kappa shape index (κ2) is 5.39. The Bertz CT molecular complexity index is 1030. The number of nitrogens with zero attached hydrogens (tertiary/aromatic N) is 3. The molecule has 3 nitrogen and oxygen atoms in total. The first-order chi connectivity index (χ1) is 11.8. The lowest BCUT2D eigenvalue weighted by Crippen LogP contribution is -2.44. The van der Waals surface area contributed by atoms with Gasteiger partial charge in [0.2, 0.25) is 0 Å². The van der Waals surface area contributed by atoms with Gasteiger partial charge in [-0.05, 0) is 38.1 Å². The normalized spacial score (nSPS) is 17.9. The van der Waals surface area contributed by atoms with Gasteiger partial charge >= 0.3 is 0 Å². The van der Waals surface area contributed by atoms with Crippen molar-refractivity contribution in [1.29, 1.82) is 0 Å². The van der Waals surface area contributed by atoms with Crippen LogP contribution in [0.2, 0.25) is 0 Å². The third-order valence-corrected chi connectivity index (χ3v) is 4.97. The smallest absolute Gasteiger partial charge is 0.270 e. The van der Waals surface area contributed by atoms with Crippen molar-refractivity contribution >= 4 is 32.5 Å². The molecule has 0 saturated carbocycles. The Balaban J connectivity index is 1.98. The first kappa shape index (κ1) is 16.3. The van der Waals surface area contributed by atoms with E-state index in [2.05, 4.69) is 31.1 Å². The molecule has 0 aliphatic carbocycles. The number of aliphatic imine (C=N–C) groups is 1. The van der Waals surface area contributed by atoms with E-state index >= 15 is 0 Å². The van der Waals surface area contributed by atoms with Crippen LogP contribution in [-0.2, 0) is 5.92 Å². The molecule has 0 fully saturated rings. The summed E-state index contributed by atoms with van der Waals surface area (Å²) in [6.45, 7) is 2.87. The van der Waals surface area contributed by atoms with E-state index in [4.69, 9.17) is 0 Å². The number of alkyl halides is 2. The van der Waals surface area contributed by atoms with Gasteiger partial charge in [-0.15, -0.1) is 10.2 Å². The van der Waals surface area contributed by atoms with Crippen molar-refractivity contribution in [2.24, 2.45) is 4.99 Å². The van der Waals surface area contributed by atoms with Crippen molar-refractivity contribution < 1.29 is 8.78 Å². The van der Waals surface area contributed by atoms with Crippen molar-refractivity contribution in [1.82, 2.24) is 10.2 Å². The van der Waals surface area contributed by atoms with Crippen molar-refractivity contribution in [3.05, 3.63) is 69.8 Å². The summed E-state index contributed by atoms with van der Waals surface area (Å²) in [7, 11) is 0. The maximum absolute atomic E-state index is 14.9. The summed E-state index contributed by atoms with van der Waals surface area (Å²) in [4.78, 5) is 4.36. The maximum Gasteiger partial charge on any atom is 0.297 e. The molecule has 2 heterocycles. The second-order valence-electron chi connectivity index (χ2n) is 6.57. The van der Waals surface area contributed by atoms with Crippen LogP contribution in [0.15, 0.2) is 58.0 Å². The topological polar surface area (TPSA) is 38.1 Å². The van der Waals surface area contributed by atoms with Gasteiger partial charge in [-0.1, -0.05) is 40.2 Å². The fourth-order valence-electron chi connectivity index (χ4n) is 3.02. The minimum Gasteiger partial charge on any atom is -0.270 e. The summed E-state index contributed by atoms with van der Waals surface area (Å²) >= 11 is 3.29. The maximum atomic E-state index is 14.9. The van der Waals surface area contributed by atoms with Gasteiger partial charge in [-0.2, -0.15) is 8.78 Å². The molecule has 1 aromatic heterocycles. The van der Waals surface area contributed by atoms with E-state index in [0.717, 1.165) is 10.9 Å². The lowest BCUT2D eigenvalue weighted by molar-refractivity contribution is -0.0682. The molecule has 4 rings (SSSR count). The van der Waals surface area contributed by atoms with Gasteiger partial charge in [0.1, 0.15) is 11.2 Å². The van der Waals surface area contributed by atoms with Crippen LogP contribution in [0.3, 0.4) is 0 Å². The van der Waals surface area contributed by atoms with Gasteiger partial charge in [-0.25, -0.2) is 0 Å². The van der Waals surface area contributed by atoms with Crippen LogP contribution in [0.5, 0.6) is 0 Å². The van der Waals surface area contributed by atoms with Gasteiger partial charge in [-0.3, -0.25) is 4.99 Å². The zero-order chi connectivity index (χ0) is 17.8. The van der Waals surface area contributed by atoms with E-state index in [9.17, 15) is 8.78 Å². The van der Waals surface area contributed by atoms with Crippen molar-refractivity contribution in [3.8, 4) is 0 Å². The van der Waals surface area contributed by atoms with E-state index < -0.39 is 11.5 Å². The first-order valence-corrected chi connectivity index (χ1v) is 8.60. The van der Waals surface area contributed by atoms with Crippen LogP contribution >= 0.6 is 15.9 Å². The molecule has 0 atom stereocenters. The average Bonchev–Trinajstić information content (AvgIpc) is 2.58. The molecular weight excluding hydrogens is 388 g/mol. The quantitative estimate of drug-likeness (QED) is 0.567. The first-order valence-electron chi connectivity index (χ1n) is 7.80. The predicted molar refractivity (Wildman–Crippen MR) is 97.3 cm³/mol. The molecule has 6 heteroatoms. The predicted octanol–water partition coefficient (Wildman–Crippen LogP) is 5.11. The van der Waals surface area contributed by atoms with Crippen LogP contribution in [0, 0.1) is 0 Å². The second-order valence-corrected chi connectivity index (χ2v) is 7.49. The molecule has 0 spiro atoms. The minimum atomic E-state index is -3.08. The number of hydrogen-bond donors (Lipinski definition) is 0. The van der Waals surface area contributed by atoms with Crippen LogP contribution in [0.4, 0.5) is 8.78 Å². The van der Waals surface area contributed by atoms with E-state index in [1.54, 1.807) is 12.1 Å². The average molecular weight is 402 g/mol. The highest BCUT2D eigenvalue weighted by Gasteiger charge is 2.53. The van der Waals surface area contributed by atoms with Crippen LogP contribution < -0.4 is 0 Å². The third kappa shape index (κ3) is 2.47. The molecule has 126 valence electrons. The number of halogens is 3. The monoisotopic (exact) mass is 401 g/mol. The number of fused-ring (bicyclic) bond motifs is 2. The molecule has 0 bridgehead atoms. The zero-order valence-electron chi connectivity index (χ0n) is 13.6. The highest BCUT2D eigenvalue weighted by atomic mass is 79.9. The van der Waals surface area contributed by atoms with Crippen molar-refractivity contribution in [2.75, 3.05) is 0 Å². The van der Waals surface area contributed by atoms with Crippen LogP contribution in [0.1, 0.15) is 30.7 Å². The Labute approximate surface area is 151 Å². The van der Waals surface area contributed by atoms with Gasteiger partial charge in [0.25, 0.3) is 5.92 Å².